The number of aromatic nitrogens is 1. The lowest BCUT2D eigenvalue weighted by Gasteiger charge is -2.46. The first-order valence-corrected chi connectivity index (χ1v) is 12.1. The first-order valence-electron chi connectivity index (χ1n) is 11.1. The number of pyridine rings is 1. The molecule has 0 bridgehead atoms. The monoisotopic (exact) mass is 517 g/mol. The molecule has 186 valence electrons. The lowest BCUT2D eigenvalue weighted by atomic mass is 9.93. The average molecular weight is 518 g/mol. The maximum Gasteiger partial charge on any atom is 0.278 e. The summed E-state index contributed by atoms with van der Waals surface area (Å²) in [5.41, 5.74) is -1.85. The van der Waals surface area contributed by atoms with Gasteiger partial charge in [0, 0.05) is 34.9 Å². The number of benzene rings is 2. The predicted molar refractivity (Wildman–Crippen MR) is 124 cm³/mol. The van der Waals surface area contributed by atoms with Crippen molar-refractivity contribution in [3.63, 3.8) is 0 Å². The smallest absolute Gasteiger partial charge is 0.278 e. The van der Waals surface area contributed by atoms with Crippen molar-refractivity contribution in [2.24, 2.45) is 0 Å². The molecule has 1 amide bonds. The molecule has 0 spiro atoms. The van der Waals surface area contributed by atoms with Crippen molar-refractivity contribution in [3.8, 4) is 5.75 Å². The van der Waals surface area contributed by atoms with Gasteiger partial charge in [-0.25, -0.2) is 17.6 Å². The van der Waals surface area contributed by atoms with Crippen LogP contribution in [0.25, 0.3) is 0 Å². The number of alkyl halides is 2. The second-order valence-electron chi connectivity index (χ2n) is 9.38. The fourth-order valence-corrected chi connectivity index (χ4v) is 6.20. The predicted octanol–water partition coefficient (Wildman–Crippen LogP) is 4.38. The quantitative estimate of drug-likeness (QED) is 0.512. The molecule has 2 atom stereocenters. The standard InChI is InChI=1S/C25H19F4N3O3S/c1-24(11-25(24,28)29)30-12-32(31-8-7-17(33)22(34)21(31)23(30)35)20-15-6-5-14(26)9-18(15)36-10-13-3-2-4-16(27)19(13)20/h2-9,20,34H,10-12H2,1H3/t20-,24-/m1/s1. The highest BCUT2D eigenvalue weighted by Crippen LogP contribution is 2.57. The van der Waals surface area contributed by atoms with E-state index in [1.807, 2.05) is 0 Å². The first-order chi connectivity index (χ1) is 17.0. The van der Waals surface area contributed by atoms with Crippen LogP contribution in [0.4, 0.5) is 17.6 Å². The Morgan fingerprint density at radius 1 is 1.11 bits per heavy atom. The summed E-state index contributed by atoms with van der Waals surface area (Å²) >= 11 is 1.31. The van der Waals surface area contributed by atoms with E-state index in [1.54, 1.807) is 12.1 Å². The molecule has 36 heavy (non-hydrogen) atoms. The van der Waals surface area contributed by atoms with Gasteiger partial charge in [-0.05, 0) is 36.2 Å². The van der Waals surface area contributed by atoms with Crippen molar-refractivity contribution < 1.29 is 27.5 Å². The fourth-order valence-electron chi connectivity index (χ4n) is 5.10. The first kappa shape index (κ1) is 23.0. The van der Waals surface area contributed by atoms with Crippen LogP contribution in [0.3, 0.4) is 0 Å². The Morgan fingerprint density at radius 2 is 1.86 bits per heavy atom. The third kappa shape index (κ3) is 3.11. The van der Waals surface area contributed by atoms with Crippen LogP contribution in [-0.2, 0) is 5.75 Å². The topological polar surface area (TPSA) is 65.8 Å². The van der Waals surface area contributed by atoms with Gasteiger partial charge < -0.3 is 10.0 Å². The number of aromatic hydroxyl groups is 1. The van der Waals surface area contributed by atoms with Crippen LogP contribution >= 0.6 is 11.8 Å². The van der Waals surface area contributed by atoms with Gasteiger partial charge in [0.05, 0.1) is 0 Å². The van der Waals surface area contributed by atoms with Crippen molar-refractivity contribution in [1.29, 1.82) is 0 Å². The molecule has 3 heterocycles. The summed E-state index contributed by atoms with van der Waals surface area (Å²) < 4.78 is 59.8. The Morgan fingerprint density at radius 3 is 2.58 bits per heavy atom. The summed E-state index contributed by atoms with van der Waals surface area (Å²) in [6, 6.07) is 8.66. The van der Waals surface area contributed by atoms with Gasteiger partial charge >= 0.3 is 0 Å². The van der Waals surface area contributed by atoms with E-state index < -0.39 is 58.3 Å². The third-order valence-corrected chi connectivity index (χ3v) is 8.38. The minimum absolute atomic E-state index is 0.238. The summed E-state index contributed by atoms with van der Waals surface area (Å²) in [4.78, 5) is 27.1. The molecule has 3 aliphatic rings. The van der Waals surface area contributed by atoms with Crippen LogP contribution in [0, 0.1) is 11.6 Å². The molecule has 2 aliphatic heterocycles. The van der Waals surface area contributed by atoms with Crippen LogP contribution < -0.4 is 10.4 Å². The molecule has 2 aromatic carbocycles. The van der Waals surface area contributed by atoms with Crippen LogP contribution in [0.1, 0.15) is 46.6 Å². The number of rotatable bonds is 2. The third-order valence-electron chi connectivity index (χ3n) is 7.26. The molecule has 6 nitrogen and oxygen atoms in total. The van der Waals surface area contributed by atoms with Gasteiger partial charge in [0.15, 0.2) is 11.4 Å². The van der Waals surface area contributed by atoms with Crippen molar-refractivity contribution >= 4 is 17.7 Å². The van der Waals surface area contributed by atoms with Crippen LogP contribution in [-0.4, -0.2) is 38.7 Å². The molecule has 0 radical (unpaired) electrons. The Hall–Kier alpha value is -3.47. The Bertz CT molecular complexity index is 1510. The van der Waals surface area contributed by atoms with E-state index in [0.29, 0.717) is 21.8 Å². The molecule has 0 saturated heterocycles. The summed E-state index contributed by atoms with van der Waals surface area (Å²) in [6.07, 6.45) is 0.659. The van der Waals surface area contributed by atoms with Crippen LogP contribution in [0.5, 0.6) is 5.75 Å². The van der Waals surface area contributed by atoms with Crippen molar-refractivity contribution in [1.82, 2.24) is 9.58 Å². The molecule has 1 saturated carbocycles. The molecule has 11 heteroatoms. The number of hydrogen-bond donors (Lipinski definition) is 1. The number of halogens is 4. The Labute approximate surface area is 206 Å². The SMILES string of the molecule is C[C@@]1(N2CN([C@@H]3c4ccc(F)cc4SCc4cccc(F)c43)n3ccc(=O)c(O)c3C2=O)CC1(F)F. The second-order valence-corrected chi connectivity index (χ2v) is 10.4. The molecule has 1 N–H and O–H groups in total. The molecule has 6 rings (SSSR count). The van der Waals surface area contributed by atoms with Gasteiger partial charge in [0.25, 0.3) is 11.8 Å². The normalized spacial score (nSPS) is 24.0. The van der Waals surface area contributed by atoms with Gasteiger partial charge in [0.1, 0.15) is 29.9 Å². The lowest BCUT2D eigenvalue weighted by molar-refractivity contribution is 0.0177. The van der Waals surface area contributed by atoms with Crippen LogP contribution in [0.2, 0.25) is 0 Å². The maximum absolute atomic E-state index is 15.5. The van der Waals surface area contributed by atoms with Gasteiger partial charge in [-0.2, -0.15) is 0 Å². The van der Waals surface area contributed by atoms with Gasteiger partial charge in [-0.3, -0.25) is 19.3 Å². The van der Waals surface area contributed by atoms with Gasteiger partial charge in [0.2, 0.25) is 5.43 Å². The molecule has 0 unspecified atom stereocenters. The van der Waals surface area contributed by atoms with E-state index in [1.165, 1.54) is 58.8 Å². The minimum atomic E-state index is -3.18. The summed E-state index contributed by atoms with van der Waals surface area (Å²) in [5.74, 6) is -5.72. The van der Waals surface area contributed by atoms with E-state index in [0.717, 1.165) is 11.0 Å². The zero-order valence-electron chi connectivity index (χ0n) is 18.8. The summed E-state index contributed by atoms with van der Waals surface area (Å²) in [6.45, 7) is 0.845. The van der Waals surface area contributed by atoms with Gasteiger partial charge in [-0.15, -0.1) is 11.8 Å². The van der Waals surface area contributed by atoms with E-state index >= 15 is 4.39 Å². The number of carbonyl (C=O) groups excluding carboxylic acids is 1. The minimum Gasteiger partial charge on any atom is -0.502 e. The summed E-state index contributed by atoms with van der Waals surface area (Å²) in [5, 5.41) is 12.0. The van der Waals surface area contributed by atoms with E-state index in [-0.39, 0.29) is 12.2 Å². The number of carbonyl (C=O) groups is 1. The molecular formula is C25H19F4N3O3S. The highest BCUT2D eigenvalue weighted by molar-refractivity contribution is 7.98. The molecule has 1 aliphatic carbocycles. The summed E-state index contributed by atoms with van der Waals surface area (Å²) in [7, 11) is 0. The van der Waals surface area contributed by atoms with Gasteiger partial charge in [-0.1, -0.05) is 18.2 Å². The zero-order valence-corrected chi connectivity index (χ0v) is 19.7. The van der Waals surface area contributed by atoms with E-state index in [2.05, 4.69) is 0 Å². The maximum atomic E-state index is 15.5. The molecule has 3 aromatic rings. The number of hydrogen-bond acceptors (Lipinski definition) is 5. The number of amides is 1. The molecular weight excluding hydrogens is 498 g/mol. The molecule has 1 fully saturated rings. The van der Waals surface area contributed by atoms with Crippen molar-refractivity contribution in [2.75, 3.05) is 11.7 Å². The lowest BCUT2D eigenvalue weighted by Crippen LogP contribution is -2.59. The molecule has 1 aromatic heterocycles. The van der Waals surface area contributed by atoms with E-state index in [9.17, 15) is 27.9 Å². The highest BCUT2D eigenvalue weighted by Gasteiger charge is 2.73. The van der Waals surface area contributed by atoms with Crippen molar-refractivity contribution in [2.45, 2.75) is 41.5 Å². The number of fused-ring (bicyclic) bond motifs is 3. The largest absolute Gasteiger partial charge is 0.502 e. The second kappa shape index (κ2) is 7.52. The fraction of sp³-hybridized carbons (Fsp3) is 0.280. The van der Waals surface area contributed by atoms with Crippen molar-refractivity contribution in [3.05, 3.63) is 92.9 Å². The Balaban J connectivity index is 1.63. The Kier molecular flexibility index (Phi) is 4.79. The zero-order chi connectivity index (χ0) is 25.6. The van der Waals surface area contributed by atoms with Crippen LogP contribution in [0.15, 0.2) is 58.4 Å². The highest BCUT2D eigenvalue weighted by atomic mass is 32.2. The number of thioether (sulfide) groups is 1. The van der Waals surface area contributed by atoms with E-state index in [4.69, 9.17) is 0 Å². The average Bonchev–Trinajstić information content (AvgIpc) is 3.40. The number of nitrogens with zero attached hydrogens (tertiary/aromatic N) is 3.